The molecule has 1 aromatic carbocycles. The molecule has 1 unspecified atom stereocenters. The molecule has 0 saturated carbocycles. The summed E-state index contributed by atoms with van der Waals surface area (Å²) in [4.78, 5) is 20.2. The molecule has 1 amide bonds. The maximum atomic E-state index is 14.1. The lowest BCUT2D eigenvalue weighted by atomic mass is 10.0. The zero-order chi connectivity index (χ0) is 20.9. The molecule has 154 valence electrons. The second-order valence-electron chi connectivity index (χ2n) is 6.47. The van der Waals surface area contributed by atoms with Gasteiger partial charge < -0.3 is 14.8 Å². The SMILES string of the molecule is COc1ccc(-c2cc(F)cc3c2OC(CNC(=O)CSc2ncccn2)C3)nn1. The van der Waals surface area contributed by atoms with E-state index in [9.17, 15) is 9.18 Å². The van der Waals surface area contributed by atoms with Crippen LogP contribution in [0.2, 0.25) is 0 Å². The Kier molecular flexibility index (Phi) is 6.03. The molecule has 4 rings (SSSR count). The fourth-order valence-corrected chi connectivity index (χ4v) is 3.67. The van der Waals surface area contributed by atoms with E-state index in [0.29, 0.717) is 41.0 Å². The van der Waals surface area contributed by atoms with E-state index in [0.717, 1.165) is 5.56 Å². The quantitative estimate of drug-likeness (QED) is 0.453. The van der Waals surface area contributed by atoms with Gasteiger partial charge in [-0.25, -0.2) is 14.4 Å². The smallest absolute Gasteiger partial charge is 0.233 e. The van der Waals surface area contributed by atoms with Gasteiger partial charge in [-0.15, -0.1) is 10.2 Å². The van der Waals surface area contributed by atoms with Crippen LogP contribution in [0.3, 0.4) is 0 Å². The van der Waals surface area contributed by atoms with Crippen LogP contribution in [0, 0.1) is 5.82 Å². The predicted molar refractivity (Wildman–Crippen MR) is 108 cm³/mol. The van der Waals surface area contributed by atoms with Crippen molar-refractivity contribution in [1.29, 1.82) is 0 Å². The molecule has 3 aromatic rings. The number of aromatic nitrogens is 4. The second-order valence-corrected chi connectivity index (χ2v) is 7.41. The minimum absolute atomic E-state index is 0.153. The summed E-state index contributed by atoms with van der Waals surface area (Å²) in [5.41, 5.74) is 1.73. The van der Waals surface area contributed by atoms with Crippen molar-refractivity contribution >= 4 is 17.7 Å². The first-order chi connectivity index (χ1) is 14.6. The Labute approximate surface area is 176 Å². The van der Waals surface area contributed by atoms with Crippen molar-refractivity contribution in [2.24, 2.45) is 0 Å². The Hall–Kier alpha value is -3.27. The Morgan fingerprint density at radius 2 is 2.13 bits per heavy atom. The van der Waals surface area contributed by atoms with Crippen molar-refractivity contribution in [1.82, 2.24) is 25.5 Å². The number of carbonyl (C=O) groups excluding carboxylic acids is 1. The van der Waals surface area contributed by atoms with Gasteiger partial charge in [-0.3, -0.25) is 4.79 Å². The molecule has 8 nitrogen and oxygen atoms in total. The highest BCUT2D eigenvalue weighted by Gasteiger charge is 2.28. The van der Waals surface area contributed by atoms with Crippen LogP contribution in [0.15, 0.2) is 47.9 Å². The first-order valence-electron chi connectivity index (χ1n) is 9.16. The van der Waals surface area contributed by atoms with Crippen LogP contribution in [-0.4, -0.2) is 51.6 Å². The minimum atomic E-state index is -0.381. The summed E-state index contributed by atoms with van der Waals surface area (Å²) in [5.74, 6) is 0.591. The van der Waals surface area contributed by atoms with Gasteiger partial charge in [0.1, 0.15) is 17.7 Å². The summed E-state index contributed by atoms with van der Waals surface area (Å²) in [6.45, 7) is 0.305. The number of thioether (sulfide) groups is 1. The number of amides is 1. The topological polar surface area (TPSA) is 99.1 Å². The third-order valence-electron chi connectivity index (χ3n) is 4.39. The van der Waals surface area contributed by atoms with Crippen molar-refractivity contribution in [2.45, 2.75) is 17.7 Å². The van der Waals surface area contributed by atoms with Crippen molar-refractivity contribution < 1.29 is 18.7 Å². The average Bonchev–Trinajstić information content (AvgIpc) is 3.19. The standard InChI is InChI=1S/C20H18FN5O3S/c1-28-18-4-3-16(25-26-18)15-9-13(21)7-12-8-14(29-19(12)15)10-24-17(27)11-30-20-22-5-2-6-23-20/h2-7,9,14H,8,10-11H2,1H3,(H,24,27). The average molecular weight is 427 g/mol. The monoisotopic (exact) mass is 427 g/mol. The van der Waals surface area contributed by atoms with Crippen LogP contribution >= 0.6 is 11.8 Å². The fraction of sp³-hybridized carbons (Fsp3) is 0.250. The van der Waals surface area contributed by atoms with Gasteiger partial charge in [0.05, 0.1) is 25.1 Å². The molecule has 1 atom stereocenters. The van der Waals surface area contributed by atoms with E-state index >= 15 is 0 Å². The minimum Gasteiger partial charge on any atom is -0.487 e. The first-order valence-corrected chi connectivity index (χ1v) is 10.1. The summed E-state index contributed by atoms with van der Waals surface area (Å²) < 4.78 is 25.2. The van der Waals surface area contributed by atoms with Crippen molar-refractivity contribution in [2.75, 3.05) is 19.4 Å². The van der Waals surface area contributed by atoms with Crippen LogP contribution in [0.1, 0.15) is 5.56 Å². The molecule has 0 bridgehead atoms. The van der Waals surface area contributed by atoms with Crippen LogP contribution in [0.5, 0.6) is 11.6 Å². The second kappa shape index (κ2) is 9.04. The predicted octanol–water partition coefficient (Wildman–Crippen LogP) is 2.29. The van der Waals surface area contributed by atoms with Gasteiger partial charge in [-0.2, -0.15) is 0 Å². The highest BCUT2D eigenvalue weighted by atomic mass is 32.2. The van der Waals surface area contributed by atoms with E-state index in [1.165, 1.54) is 31.0 Å². The Balaban J connectivity index is 1.38. The van der Waals surface area contributed by atoms with Crippen LogP contribution in [0.25, 0.3) is 11.3 Å². The molecule has 1 aliphatic rings. The highest BCUT2D eigenvalue weighted by molar-refractivity contribution is 7.99. The first kappa shape index (κ1) is 20.0. The van der Waals surface area contributed by atoms with Gasteiger partial charge in [0.15, 0.2) is 5.16 Å². The number of rotatable bonds is 7. The number of hydrogen-bond acceptors (Lipinski definition) is 8. The molecule has 30 heavy (non-hydrogen) atoms. The number of carbonyl (C=O) groups is 1. The number of ether oxygens (including phenoxy) is 2. The van der Waals surface area contributed by atoms with Gasteiger partial charge in [-0.1, -0.05) is 11.8 Å². The van der Waals surface area contributed by atoms with E-state index in [1.807, 2.05) is 0 Å². The zero-order valence-corrected chi connectivity index (χ0v) is 16.9. The Morgan fingerprint density at radius 3 is 2.87 bits per heavy atom. The van der Waals surface area contributed by atoms with Gasteiger partial charge in [0, 0.05) is 36.0 Å². The van der Waals surface area contributed by atoms with E-state index in [4.69, 9.17) is 9.47 Å². The van der Waals surface area contributed by atoms with E-state index in [2.05, 4.69) is 25.5 Å². The molecule has 10 heteroatoms. The summed E-state index contributed by atoms with van der Waals surface area (Å²) in [7, 11) is 1.50. The molecule has 1 aliphatic heterocycles. The summed E-state index contributed by atoms with van der Waals surface area (Å²) in [6, 6.07) is 7.88. The molecule has 0 radical (unpaired) electrons. The van der Waals surface area contributed by atoms with E-state index in [-0.39, 0.29) is 23.6 Å². The number of nitrogens with zero attached hydrogens (tertiary/aromatic N) is 4. The van der Waals surface area contributed by atoms with Crippen LogP contribution < -0.4 is 14.8 Å². The Morgan fingerprint density at radius 1 is 1.30 bits per heavy atom. The fourth-order valence-electron chi connectivity index (χ4n) is 3.04. The molecule has 0 aliphatic carbocycles. The zero-order valence-electron chi connectivity index (χ0n) is 16.0. The normalized spacial score (nSPS) is 14.7. The number of benzene rings is 1. The maximum Gasteiger partial charge on any atom is 0.233 e. The third-order valence-corrected chi connectivity index (χ3v) is 5.26. The lowest BCUT2D eigenvalue weighted by Crippen LogP contribution is -2.35. The van der Waals surface area contributed by atoms with Gasteiger partial charge in [0.25, 0.3) is 0 Å². The lowest BCUT2D eigenvalue weighted by Gasteiger charge is -2.13. The van der Waals surface area contributed by atoms with E-state index < -0.39 is 0 Å². The van der Waals surface area contributed by atoms with Gasteiger partial charge >= 0.3 is 0 Å². The third kappa shape index (κ3) is 4.65. The summed E-state index contributed by atoms with van der Waals surface area (Å²) >= 11 is 1.25. The number of hydrogen-bond donors (Lipinski definition) is 1. The van der Waals surface area contributed by atoms with E-state index in [1.54, 1.807) is 30.6 Å². The molecular formula is C20H18FN5O3S. The molecule has 3 heterocycles. The van der Waals surface area contributed by atoms with Gasteiger partial charge in [0.2, 0.25) is 11.8 Å². The molecule has 0 fully saturated rings. The molecule has 1 N–H and O–H groups in total. The molecule has 0 spiro atoms. The number of halogens is 1. The summed E-state index contributed by atoms with van der Waals surface area (Å²) in [5, 5.41) is 11.4. The molecular weight excluding hydrogens is 409 g/mol. The number of methoxy groups -OCH3 is 1. The van der Waals surface area contributed by atoms with Crippen molar-refractivity contribution in [3.8, 4) is 22.9 Å². The van der Waals surface area contributed by atoms with Gasteiger partial charge in [-0.05, 0) is 24.3 Å². The highest BCUT2D eigenvalue weighted by Crippen LogP contribution is 2.39. The maximum absolute atomic E-state index is 14.1. The van der Waals surface area contributed by atoms with Crippen LogP contribution in [0.4, 0.5) is 4.39 Å². The Bertz CT molecular complexity index is 1040. The molecule has 2 aromatic heterocycles. The largest absolute Gasteiger partial charge is 0.487 e. The molecule has 0 saturated heterocycles. The lowest BCUT2D eigenvalue weighted by molar-refractivity contribution is -0.118. The number of nitrogens with one attached hydrogen (secondary N) is 1. The summed E-state index contributed by atoms with van der Waals surface area (Å²) in [6.07, 6.45) is 3.44. The number of fused-ring (bicyclic) bond motifs is 1. The van der Waals surface area contributed by atoms with Crippen molar-refractivity contribution in [3.63, 3.8) is 0 Å². The van der Waals surface area contributed by atoms with Crippen molar-refractivity contribution in [3.05, 3.63) is 54.1 Å². The van der Waals surface area contributed by atoms with Crippen LogP contribution in [-0.2, 0) is 11.2 Å².